The number of halogens is 1. The van der Waals surface area contributed by atoms with E-state index in [2.05, 4.69) is 15.6 Å². The van der Waals surface area contributed by atoms with Crippen LogP contribution in [0, 0.1) is 0 Å². The average Bonchev–Trinajstić information content (AvgIpc) is 2.96. The van der Waals surface area contributed by atoms with Crippen molar-refractivity contribution in [2.75, 3.05) is 22.8 Å². The minimum atomic E-state index is -4.22. The van der Waals surface area contributed by atoms with Gasteiger partial charge < -0.3 is 15.4 Å². The molecule has 0 spiro atoms. The maximum absolute atomic E-state index is 13.8. The Morgan fingerprint density at radius 2 is 1.68 bits per heavy atom. The Kier molecular flexibility index (Phi) is 9.36. The molecule has 0 aliphatic carbocycles. The second-order valence-corrected chi connectivity index (χ2v) is 10.8. The first-order chi connectivity index (χ1) is 19.3. The molecule has 0 bridgehead atoms. The van der Waals surface area contributed by atoms with Gasteiger partial charge in [-0.1, -0.05) is 41.9 Å². The summed E-state index contributed by atoms with van der Waals surface area (Å²) in [5.74, 6) is -0.769. The number of carbonyl (C=O) groups excluding carboxylic acids is 2. The minimum Gasteiger partial charge on any atom is -0.492 e. The van der Waals surface area contributed by atoms with Crippen LogP contribution < -0.4 is 19.7 Å². The van der Waals surface area contributed by atoms with Crippen molar-refractivity contribution in [3.8, 4) is 5.75 Å². The number of para-hydroxylation sites is 3. The Balaban J connectivity index is 1.60. The Morgan fingerprint density at radius 3 is 2.40 bits per heavy atom. The summed E-state index contributed by atoms with van der Waals surface area (Å²) in [6.07, 6.45) is 3.28. The number of amides is 2. The molecular formula is C29H27ClN4O5S. The van der Waals surface area contributed by atoms with Gasteiger partial charge in [0.05, 0.1) is 28.4 Å². The molecule has 0 aliphatic heterocycles. The first-order valence-corrected chi connectivity index (χ1v) is 14.2. The van der Waals surface area contributed by atoms with Crippen LogP contribution in [-0.4, -0.2) is 38.4 Å². The van der Waals surface area contributed by atoms with E-state index in [0.717, 1.165) is 9.87 Å². The van der Waals surface area contributed by atoms with Gasteiger partial charge in [0.1, 0.15) is 12.3 Å². The van der Waals surface area contributed by atoms with Crippen LogP contribution in [0.1, 0.15) is 22.8 Å². The zero-order chi connectivity index (χ0) is 28.5. The van der Waals surface area contributed by atoms with Gasteiger partial charge in [0.2, 0.25) is 5.91 Å². The third kappa shape index (κ3) is 6.96. The van der Waals surface area contributed by atoms with Gasteiger partial charge in [-0.05, 0) is 67.1 Å². The zero-order valence-corrected chi connectivity index (χ0v) is 23.2. The van der Waals surface area contributed by atoms with Crippen molar-refractivity contribution in [1.82, 2.24) is 10.3 Å². The molecule has 4 aromatic rings. The molecule has 206 valence electrons. The van der Waals surface area contributed by atoms with E-state index in [1.165, 1.54) is 24.3 Å². The lowest BCUT2D eigenvalue weighted by atomic mass is 10.1. The molecule has 1 heterocycles. The van der Waals surface area contributed by atoms with E-state index >= 15 is 0 Å². The van der Waals surface area contributed by atoms with Crippen LogP contribution in [0.2, 0.25) is 5.02 Å². The molecule has 0 aliphatic rings. The molecular weight excluding hydrogens is 552 g/mol. The molecule has 4 rings (SSSR count). The van der Waals surface area contributed by atoms with E-state index < -0.39 is 28.4 Å². The second-order valence-electron chi connectivity index (χ2n) is 8.50. The van der Waals surface area contributed by atoms with Crippen LogP contribution in [0.25, 0.3) is 0 Å². The zero-order valence-electron chi connectivity index (χ0n) is 21.6. The summed E-state index contributed by atoms with van der Waals surface area (Å²) in [6, 6.07) is 22.3. The number of carbonyl (C=O) groups is 2. The largest absolute Gasteiger partial charge is 0.492 e. The van der Waals surface area contributed by atoms with E-state index in [1.54, 1.807) is 73.9 Å². The maximum Gasteiger partial charge on any atom is 0.264 e. The molecule has 0 radical (unpaired) electrons. The number of nitrogens with zero attached hydrogens (tertiary/aromatic N) is 2. The number of sulfonamides is 1. The highest BCUT2D eigenvalue weighted by Gasteiger charge is 2.30. The summed E-state index contributed by atoms with van der Waals surface area (Å²) < 4.78 is 34.2. The van der Waals surface area contributed by atoms with Crippen molar-refractivity contribution >= 4 is 44.8 Å². The fraction of sp³-hybridized carbons (Fsp3) is 0.138. The van der Waals surface area contributed by atoms with Crippen molar-refractivity contribution in [2.24, 2.45) is 0 Å². The van der Waals surface area contributed by atoms with E-state index in [1.807, 2.05) is 6.07 Å². The summed E-state index contributed by atoms with van der Waals surface area (Å²) >= 11 is 5.97. The fourth-order valence-electron chi connectivity index (χ4n) is 3.86. The highest BCUT2D eigenvalue weighted by molar-refractivity contribution is 7.92. The van der Waals surface area contributed by atoms with Crippen LogP contribution in [0.4, 0.5) is 11.4 Å². The number of anilines is 2. The number of hydrogen-bond acceptors (Lipinski definition) is 6. The van der Waals surface area contributed by atoms with Gasteiger partial charge in [-0.3, -0.25) is 18.9 Å². The molecule has 2 N–H and O–H groups in total. The lowest BCUT2D eigenvalue weighted by Crippen LogP contribution is -2.38. The maximum atomic E-state index is 13.8. The minimum absolute atomic E-state index is 0.0498. The Morgan fingerprint density at radius 1 is 0.950 bits per heavy atom. The normalized spacial score (nSPS) is 10.9. The van der Waals surface area contributed by atoms with Crippen molar-refractivity contribution in [3.05, 3.63) is 113 Å². The number of aromatic nitrogens is 1. The molecule has 9 nitrogen and oxygen atoms in total. The summed E-state index contributed by atoms with van der Waals surface area (Å²) in [4.78, 5) is 30.2. The van der Waals surface area contributed by atoms with Gasteiger partial charge >= 0.3 is 0 Å². The Labute approximate surface area is 237 Å². The van der Waals surface area contributed by atoms with Crippen molar-refractivity contribution in [1.29, 1.82) is 0 Å². The van der Waals surface area contributed by atoms with Crippen LogP contribution in [-0.2, 0) is 21.4 Å². The molecule has 0 saturated heterocycles. The standard InChI is InChI=1S/C29H27ClN4O5S/c1-2-39-27-12-6-5-11-26(27)34(40(37,38)23-15-13-22(30)14-16-23)20-28(35)33-25-10-4-3-9-24(25)29(36)32-19-21-8-7-17-31-18-21/h3-18H,2,19-20H2,1H3,(H,32,36)(H,33,35). The lowest BCUT2D eigenvalue weighted by molar-refractivity contribution is -0.114. The average molecular weight is 579 g/mol. The number of benzene rings is 3. The fourth-order valence-corrected chi connectivity index (χ4v) is 5.42. The molecule has 2 amide bonds. The SMILES string of the molecule is CCOc1ccccc1N(CC(=O)Nc1ccccc1C(=O)NCc1cccnc1)S(=O)(=O)c1ccc(Cl)cc1. The summed E-state index contributed by atoms with van der Waals surface area (Å²) in [7, 11) is -4.22. The van der Waals surface area contributed by atoms with Gasteiger partial charge in [-0.15, -0.1) is 0 Å². The number of hydrogen-bond donors (Lipinski definition) is 2. The summed E-state index contributed by atoms with van der Waals surface area (Å²) in [5.41, 5.74) is 1.46. The second kappa shape index (κ2) is 13.1. The highest BCUT2D eigenvalue weighted by Crippen LogP contribution is 2.33. The third-order valence-corrected chi connectivity index (χ3v) is 7.77. The highest BCUT2D eigenvalue weighted by atomic mass is 35.5. The van der Waals surface area contributed by atoms with E-state index in [4.69, 9.17) is 16.3 Å². The first-order valence-electron chi connectivity index (χ1n) is 12.4. The molecule has 40 heavy (non-hydrogen) atoms. The van der Waals surface area contributed by atoms with E-state index in [-0.39, 0.29) is 28.4 Å². The van der Waals surface area contributed by atoms with Crippen LogP contribution in [0.15, 0.2) is 102 Å². The first kappa shape index (κ1) is 28.6. The Bertz CT molecular complexity index is 1580. The quantitative estimate of drug-likeness (QED) is 0.261. The van der Waals surface area contributed by atoms with Gasteiger partial charge in [0.15, 0.2) is 0 Å². The van der Waals surface area contributed by atoms with Crippen LogP contribution in [0.3, 0.4) is 0 Å². The summed E-state index contributed by atoms with van der Waals surface area (Å²) in [6.45, 7) is 1.73. The van der Waals surface area contributed by atoms with Crippen molar-refractivity contribution < 1.29 is 22.7 Å². The Hall–Kier alpha value is -4.41. The molecule has 0 unspecified atom stereocenters. The molecule has 0 atom stereocenters. The van der Waals surface area contributed by atoms with Gasteiger partial charge in [-0.25, -0.2) is 8.42 Å². The molecule has 1 aromatic heterocycles. The van der Waals surface area contributed by atoms with Crippen molar-refractivity contribution in [2.45, 2.75) is 18.4 Å². The molecule has 0 fully saturated rings. The topological polar surface area (TPSA) is 118 Å². The van der Waals surface area contributed by atoms with Gasteiger partial charge in [-0.2, -0.15) is 0 Å². The number of rotatable bonds is 11. The lowest BCUT2D eigenvalue weighted by Gasteiger charge is -2.26. The predicted octanol–water partition coefficient (Wildman–Crippen LogP) is 4.90. The van der Waals surface area contributed by atoms with Crippen LogP contribution in [0.5, 0.6) is 5.75 Å². The molecule has 0 saturated carbocycles. The summed E-state index contributed by atoms with van der Waals surface area (Å²) in [5, 5.41) is 5.87. The molecule has 11 heteroatoms. The third-order valence-electron chi connectivity index (χ3n) is 5.74. The van der Waals surface area contributed by atoms with Gasteiger partial charge in [0.25, 0.3) is 15.9 Å². The molecule has 3 aromatic carbocycles. The van der Waals surface area contributed by atoms with Crippen molar-refractivity contribution in [3.63, 3.8) is 0 Å². The smallest absolute Gasteiger partial charge is 0.264 e. The number of ether oxygens (including phenoxy) is 1. The monoisotopic (exact) mass is 578 g/mol. The predicted molar refractivity (Wildman–Crippen MR) is 154 cm³/mol. The van der Waals surface area contributed by atoms with Gasteiger partial charge in [0, 0.05) is 24.0 Å². The number of pyridine rings is 1. The van der Waals surface area contributed by atoms with Crippen LogP contribution >= 0.6 is 11.6 Å². The number of nitrogens with one attached hydrogen (secondary N) is 2. The van der Waals surface area contributed by atoms with E-state index in [9.17, 15) is 18.0 Å². The van der Waals surface area contributed by atoms with E-state index in [0.29, 0.717) is 17.4 Å².